The standard InChI is InChI=1S/C12H18N2O5/c13-12(17)19-9(6-7-3-4-14-11(7)16)10(15)8-2-1-5-18-8/h7-9H,1-6H2,(H2,13,17)(H,14,16)/t7-,8?,9?/m0/s1. The summed E-state index contributed by atoms with van der Waals surface area (Å²) in [5.74, 6) is -0.719. The zero-order valence-electron chi connectivity index (χ0n) is 10.6. The number of nitrogens with two attached hydrogens (primary N) is 1. The van der Waals surface area contributed by atoms with Crippen LogP contribution in [-0.4, -0.2) is 43.1 Å². The molecule has 2 aliphatic heterocycles. The van der Waals surface area contributed by atoms with Crippen molar-refractivity contribution >= 4 is 17.8 Å². The van der Waals surface area contributed by atoms with Crippen LogP contribution in [-0.2, 0) is 19.1 Å². The van der Waals surface area contributed by atoms with Crippen LogP contribution < -0.4 is 11.1 Å². The Morgan fingerprint density at radius 1 is 1.47 bits per heavy atom. The Morgan fingerprint density at radius 3 is 2.79 bits per heavy atom. The molecule has 19 heavy (non-hydrogen) atoms. The zero-order valence-corrected chi connectivity index (χ0v) is 10.6. The highest BCUT2D eigenvalue weighted by molar-refractivity contribution is 5.90. The molecular weight excluding hydrogens is 252 g/mol. The zero-order chi connectivity index (χ0) is 13.8. The summed E-state index contributed by atoms with van der Waals surface area (Å²) < 4.78 is 10.2. The van der Waals surface area contributed by atoms with E-state index in [4.69, 9.17) is 15.2 Å². The number of hydrogen-bond acceptors (Lipinski definition) is 5. The highest BCUT2D eigenvalue weighted by Crippen LogP contribution is 2.22. The van der Waals surface area contributed by atoms with Crippen LogP contribution in [0.25, 0.3) is 0 Å². The molecule has 0 aromatic carbocycles. The van der Waals surface area contributed by atoms with E-state index in [9.17, 15) is 14.4 Å². The van der Waals surface area contributed by atoms with Gasteiger partial charge in [0, 0.05) is 25.5 Å². The van der Waals surface area contributed by atoms with Gasteiger partial charge in [0.2, 0.25) is 11.7 Å². The van der Waals surface area contributed by atoms with Crippen LogP contribution in [0.3, 0.4) is 0 Å². The number of rotatable bonds is 5. The average Bonchev–Trinajstić information content (AvgIpc) is 2.99. The lowest BCUT2D eigenvalue weighted by Gasteiger charge is -2.20. The first-order chi connectivity index (χ1) is 9.08. The van der Waals surface area contributed by atoms with Crippen LogP contribution in [0.1, 0.15) is 25.7 Å². The fourth-order valence-electron chi connectivity index (χ4n) is 2.50. The summed E-state index contributed by atoms with van der Waals surface area (Å²) in [5, 5.41) is 2.68. The Labute approximate surface area is 110 Å². The van der Waals surface area contributed by atoms with E-state index < -0.39 is 18.3 Å². The van der Waals surface area contributed by atoms with Crippen molar-refractivity contribution in [1.29, 1.82) is 0 Å². The highest BCUT2D eigenvalue weighted by atomic mass is 16.6. The molecule has 0 radical (unpaired) electrons. The maximum atomic E-state index is 12.2. The second kappa shape index (κ2) is 6.01. The Bertz CT molecular complexity index is 378. The van der Waals surface area contributed by atoms with E-state index >= 15 is 0 Å². The lowest BCUT2D eigenvalue weighted by atomic mass is 9.95. The van der Waals surface area contributed by atoms with Gasteiger partial charge in [0.15, 0.2) is 6.10 Å². The fourth-order valence-corrected chi connectivity index (χ4v) is 2.50. The molecule has 2 saturated heterocycles. The Morgan fingerprint density at radius 2 is 2.26 bits per heavy atom. The number of amides is 2. The van der Waals surface area contributed by atoms with Crippen molar-refractivity contribution in [3.8, 4) is 0 Å². The van der Waals surface area contributed by atoms with Gasteiger partial charge in [-0.2, -0.15) is 0 Å². The van der Waals surface area contributed by atoms with Gasteiger partial charge in [-0.15, -0.1) is 0 Å². The SMILES string of the molecule is NC(=O)OC(C[C@@H]1CCNC1=O)C(=O)C1CCCO1. The van der Waals surface area contributed by atoms with Crippen LogP contribution >= 0.6 is 0 Å². The normalized spacial score (nSPS) is 27.9. The topological polar surface area (TPSA) is 108 Å². The van der Waals surface area contributed by atoms with Crippen molar-refractivity contribution in [3.63, 3.8) is 0 Å². The van der Waals surface area contributed by atoms with E-state index in [0.29, 0.717) is 26.0 Å². The number of hydrogen-bond donors (Lipinski definition) is 2. The minimum absolute atomic E-state index is 0.113. The van der Waals surface area contributed by atoms with E-state index in [-0.39, 0.29) is 24.0 Å². The molecule has 2 amide bonds. The molecule has 0 saturated carbocycles. The van der Waals surface area contributed by atoms with E-state index in [2.05, 4.69) is 5.32 Å². The molecular formula is C12H18N2O5. The quantitative estimate of drug-likeness (QED) is 0.714. The summed E-state index contributed by atoms with van der Waals surface area (Å²) in [6, 6.07) is 0. The predicted octanol–water partition coefficient (Wildman–Crippen LogP) is -0.275. The van der Waals surface area contributed by atoms with E-state index in [1.807, 2.05) is 0 Å². The lowest BCUT2D eigenvalue weighted by Crippen LogP contribution is -2.39. The largest absolute Gasteiger partial charge is 0.438 e. The number of ketones is 1. The molecule has 3 N–H and O–H groups in total. The number of nitrogens with one attached hydrogen (secondary N) is 1. The maximum absolute atomic E-state index is 12.2. The Kier molecular flexibility index (Phi) is 4.36. The van der Waals surface area contributed by atoms with Crippen molar-refractivity contribution in [1.82, 2.24) is 5.32 Å². The first kappa shape index (κ1) is 13.8. The lowest BCUT2D eigenvalue weighted by molar-refractivity contribution is -0.138. The van der Waals surface area contributed by atoms with Crippen LogP contribution in [0, 0.1) is 5.92 Å². The first-order valence-corrected chi connectivity index (χ1v) is 6.47. The monoisotopic (exact) mass is 270 g/mol. The summed E-state index contributed by atoms with van der Waals surface area (Å²) in [7, 11) is 0. The van der Waals surface area contributed by atoms with Gasteiger partial charge >= 0.3 is 6.09 Å². The molecule has 7 heteroatoms. The van der Waals surface area contributed by atoms with Crippen molar-refractivity contribution in [3.05, 3.63) is 0 Å². The van der Waals surface area contributed by atoms with Crippen molar-refractivity contribution in [2.45, 2.75) is 37.9 Å². The molecule has 2 fully saturated rings. The molecule has 106 valence electrons. The molecule has 2 rings (SSSR count). The van der Waals surface area contributed by atoms with Crippen LogP contribution in [0.15, 0.2) is 0 Å². The Hall–Kier alpha value is -1.63. The third-order valence-electron chi connectivity index (χ3n) is 3.48. The number of carbonyl (C=O) groups is 3. The summed E-state index contributed by atoms with van der Waals surface area (Å²) >= 11 is 0. The van der Waals surface area contributed by atoms with Crippen molar-refractivity contribution in [2.24, 2.45) is 11.7 Å². The number of Topliss-reactive ketones (excluding diaryl/α,β-unsaturated/α-hetero) is 1. The summed E-state index contributed by atoms with van der Waals surface area (Å²) in [4.78, 5) is 34.6. The maximum Gasteiger partial charge on any atom is 0.405 e. The molecule has 3 atom stereocenters. The van der Waals surface area contributed by atoms with Gasteiger partial charge < -0.3 is 20.5 Å². The second-order valence-electron chi connectivity index (χ2n) is 4.84. The van der Waals surface area contributed by atoms with Crippen LogP contribution in [0.5, 0.6) is 0 Å². The van der Waals surface area contributed by atoms with Gasteiger partial charge in [-0.3, -0.25) is 9.59 Å². The molecule has 0 bridgehead atoms. The third kappa shape index (κ3) is 3.44. The highest BCUT2D eigenvalue weighted by Gasteiger charge is 2.36. The van der Waals surface area contributed by atoms with Gasteiger partial charge in [-0.1, -0.05) is 0 Å². The molecule has 2 heterocycles. The van der Waals surface area contributed by atoms with Gasteiger partial charge in [0.05, 0.1) is 0 Å². The molecule has 7 nitrogen and oxygen atoms in total. The number of primary amides is 1. The van der Waals surface area contributed by atoms with Gasteiger partial charge in [0.25, 0.3) is 0 Å². The summed E-state index contributed by atoms with van der Waals surface area (Å²) in [6.45, 7) is 1.12. The molecule has 0 spiro atoms. The second-order valence-corrected chi connectivity index (χ2v) is 4.84. The van der Waals surface area contributed by atoms with E-state index in [1.54, 1.807) is 0 Å². The minimum atomic E-state index is -1.00. The molecule has 0 aromatic heterocycles. The minimum Gasteiger partial charge on any atom is -0.438 e. The van der Waals surface area contributed by atoms with Gasteiger partial charge in [-0.05, 0) is 19.3 Å². The predicted molar refractivity (Wildman–Crippen MR) is 64.2 cm³/mol. The number of carbonyl (C=O) groups excluding carboxylic acids is 3. The summed E-state index contributed by atoms with van der Waals surface area (Å²) in [6.07, 6.45) is -0.306. The smallest absolute Gasteiger partial charge is 0.405 e. The average molecular weight is 270 g/mol. The third-order valence-corrected chi connectivity index (χ3v) is 3.48. The number of ether oxygens (including phenoxy) is 2. The van der Waals surface area contributed by atoms with E-state index in [0.717, 1.165) is 6.42 Å². The molecule has 2 unspecified atom stereocenters. The first-order valence-electron chi connectivity index (χ1n) is 6.47. The van der Waals surface area contributed by atoms with Crippen molar-refractivity contribution < 1.29 is 23.9 Å². The summed E-state index contributed by atoms with van der Waals surface area (Å²) in [5.41, 5.74) is 4.98. The Balaban J connectivity index is 1.99. The fraction of sp³-hybridized carbons (Fsp3) is 0.750. The van der Waals surface area contributed by atoms with Gasteiger partial charge in [0.1, 0.15) is 6.10 Å². The molecule has 0 aliphatic carbocycles. The molecule has 2 aliphatic rings. The molecule has 0 aromatic rings. The van der Waals surface area contributed by atoms with Crippen molar-refractivity contribution in [2.75, 3.05) is 13.2 Å². The van der Waals surface area contributed by atoms with Crippen LogP contribution in [0.4, 0.5) is 4.79 Å². The van der Waals surface area contributed by atoms with E-state index in [1.165, 1.54) is 0 Å². The van der Waals surface area contributed by atoms with Gasteiger partial charge in [-0.25, -0.2) is 4.79 Å². The van der Waals surface area contributed by atoms with Crippen LogP contribution in [0.2, 0.25) is 0 Å².